The molecule has 0 atom stereocenters. The Morgan fingerprint density at radius 1 is 1.35 bits per heavy atom. The van der Waals surface area contributed by atoms with E-state index in [1.54, 1.807) is 42.3 Å². The van der Waals surface area contributed by atoms with Crippen LogP contribution in [-0.2, 0) is 18.2 Å². The fourth-order valence-corrected chi connectivity index (χ4v) is 2.88. The van der Waals surface area contributed by atoms with Gasteiger partial charge in [-0.25, -0.2) is 4.98 Å². The lowest BCUT2D eigenvalue weighted by molar-refractivity contribution is 0.0551. The molecule has 11 heteroatoms. The Hall–Kier alpha value is -2.33. The van der Waals surface area contributed by atoms with Gasteiger partial charge in [-0.1, -0.05) is 29.4 Å². The van der Waals surface area contributed by atoms with Gasteiger partial charge in [-0.15, -0.1) is 11.8 Å². The van der Waals surface area contributed by atoms with E-state index in [0.717, 1.165) is 0 Å². The first kappa shape index (κ1) is 18.5. The number of rotatable bonds is 7. The molecule has 0 aliphatic heterocycles. The fraction of sp³-hybridized carbons (Fsp3) is 0.267. The summed E-state index contributed by atoms with van der Waals surface area (Å²) in [5, 5.41) is 3.87. The molecule has 1 aromatic carbocycles. The highest BCUT2D eigenvalue weighted by Crippen LogP contribution is 2.32. The lowest BCUT2D eigenvalue weighted by Gasteiger charge is -2.01. The monoisotopic (exact) mass is 399 g/mol. The normalized spacial score (nSPS) is 11.7. The smallest absolute Gasteiger partial charge is 0.331 e. The summed E-state index contributed by atoms with van der Waals surface area (Å²) < 4.78 is 31.8. The van der Waals surface area contributed by atoms with Crippen molar-refractivity contribution in [2.75, 3.05) is 5.75 Å². The third-order valence-corrected chi connectivity index (χ3v) is 4.34. The van der Waals surface area contributed by atoms with Gasteiger partial charge < -0.3 is 4.52 Å². The quantitative estimate of drug-likeness (QED) is 0.445. The summed E-state index contributed by atoms with van der Waals surface area (Å²) in [5.41, 5.74) is 0.921. The molecule has 7 nitrogen and oxygen atoms in total. The summed E-state index contributed by atoms with van der Waals surface area (Å²) in [6.07, 6.45) is 1.60. The third-order valence-electron chi connectivity index (χ3n) is 3.24. The summed E-state index contributed by atoms with van der Waals surface area (Å²) in [7, 11) is 1.77. The van der Waals surface area contributed by atoms with Gasteiger partial charge in [-0.3, -0.25) is 9.48 Å². The van der Waals surface area contributed by atoms with E-state index in [2.05, 4.69) is 24.7 Å². The van der Waals surface area contributed by atoms with E-state index in [0.29, 0.717) is 22.7 Å². The Labute approximate surface area is 155 Å². The van der Waals surface area contributed by atoms with E-state index in [4.69, 9.17) is 11.6 Å². The van der Waals surface area contributed by atoms with Gasteiger partial charge in [0.2, 0.25) is 5.82 Å². The number of hydrogen-bond acceptors (Lipinski definition) is 7. The molecule has 0 saturated heterocycles. The Morgan fingerprint density at radius 2 is 2.08 bits per heavy atom. The number of halogens is 3. The first-order valence-corrected chi connectivity index (χ1v) is 8.83. The number of ketones is 1. The molecular formula is C15H12ClF2N5O2S. The Morgan fingerprint density at radius 3 is 2.65 bits per heavy atom. The SMILES string of the molecule is Cn1cnc(CSCC(=O)c2ccc(-c3noc(C(F)(F)Cl)n3)cc2)n1. The average Bonchev–Trinajstić information content (AvgIpc) is 3.24. The van der Waals surface area contributed by atoms with Crippen LogP contribution in [0.15, 0.2) is 35.1 Å². The molecule has 3 aromatic rings. The maximum atomic E-state index is 12.9. The van der Waals surface area contributed by atoms with Gasteiger partial charge in [0.1, 0.15) is 6.33 Å². The Kier molecular flexibility index (Phi) is 5.33. The van der Waals surface area contributed by atoms with Crippen LogP contribution < -0.4 is 0 Å². The summed E-state index contributed by atoms with van der Waals surface area (Å²) in [5.74, 6) is 0.373. The lowest BCUT2D eigenvalue weighted by atomic mass is 10.1. The number of alkyl halides is 3. The molecule has 3 rings (SSSR count). The summed E-state index contributed by atoms with van der Waals surface area (Å²) in [6.45, 7) is 0. The molecule has 136 valence electrons. The van der Waals surface area contributed by atoms with E-state index < -0.39 is 11.3 Å². The second-order valence-electron chi connectivity index (χ2n) is 5.25. The summed E-state index contributed by atoms with van der Waals surface area (Å²) in [6, 6.07) is 6.26. The topological polar surface area (TPSA) is 86.7 Å². The van der Waals surface area contributed by atoms with Gasteiger partial charge in [0.15, 0.2) is 11.6 Å². The predicted octanol–water partition coefficient (Wildman–Crippen LogP) is 3.27. The van der Waals surface area contributed by atoms with Crippen LogP contribution in [0.5, 0.6) is 0 Å². The zero-order valence-electron chi connectivity index (χ0n) is 13.4. The van der Waals surface area contributed by atoms with Crippen LogP contribution >= 0.6 is 23.4 Å². The first-order chi connectivity index (χ1) is 12.3. The molecule has 0 N–H and O–H groups in total. The van der Waals surface area contributed by atoms with Gasteiger partial charge in [0, 0.05) is 18.2 Å². The number of nitrogens with zero attached hydrogens (tertiary/aromatic N) is 5. The van der Waals surface area contributed by atoms with E-state index in [-0.39, 0.29) is 17.4 Å². The minimum Gasteiger partial charge on any atom is -0.331 e. The van der Waals surface area contributed by atoms with Gasteiger partial charge in [0.05, 0.1) is 11.5 Å². The number of carbonyl (C=O) groups excluding carboxylic acids is 1. The molecule has 26 heavy (non-hydrogen) atoms. The Bertz CT molecular complexity index is 907. The summed E-state index contributed by atoms with van der Waals surface area (Å²) in [4.78, 5) is 19.8. The largest absolute Gasteiger partial charge is 0.400 e. The highest BCUT2D eigenvalue weighted by atomic mass is 35.5. The van der Waals surface area contributed by atoms with Crippen LogP contribution in [0.4, 0.5) is 8.78 Å². The minimum absolute atomic E-state index is 0.0325. The number of aromatic nitrogens is 5. The maximum Gasteiger partial charge on any atom is 0.400 e. The third kappa shape index (κ3) is 4.44. The molecule has 0 spiro atoms. The van der Waals surface area contributed by atoms with E-state index >= 15 is 0 Å². The van der Waals surface area contributed by atoms with Crippen molar-refractivity contribution in [1.29, 1.82) is 0 Å². The maximum absolute atomic E-state index is 12.9. The van der Waals surface area contributed by atoms with Crippen molar-refractivity contribution >= 4 is 29.1 Å². The van der Waals surface area contributed by atoms with Gasteiger partial charge >= 0.3 is 11.3 Å². The highest BCUT2D eigenvalue weighted by Gasteiger charge is 2.35. The van der Waals surface area contributed by atoms with Crippen molar-refractivity contribution in [2.45, 2.75) is 11.1 Å². The van der Waals surface area contributed by atoms with Gasteiger partial charge in [-0.2, -0.15) is 18.9 Å². The number of carbonyl (C=O) groups is 1. The second-order valence-corrected chi connectivity index (χ2v) is 6.71. The van der Waals surface area contributed by atoms with Gasteiger partial charge in [0.25, 0.3) is 0 Å². The molecule has 0 radical (unpaired) electrons. The molecule has 0 bridgehead atoms. The van der Waals surface area contributed by atoms with Crippen molar-refractivity contribution in [2.24, 2.45) is 7.05 Å². The summed E-state index contributed by atoms with van der Waals surface area (Å²) >= 11 is 6.24. The van der Waals surface area contributed by atoms with Crippen LogP contribution in [0, 0.1) is 0 Å². The van der Waals surface area contributed by atoms with Crippen molar-refractivity contribution in [3.8, 4) is 11.4 Å². The predicted molar refractivity (Wildman–Crippen MR) is 91.0 cm³/mol. The lowest BCUT2D eigenvalue weighted by Crippen LogP contribution is -2.03. The van der Waals surface area contributed by atoms with E-state index in [1.165, 1.54) is 11.8 Å². The highest BCUT2D eigenvalue weighted by molar-refractivity contribution is 7.99. The number of Topliss-reactive ketones (excluding diaryl/α,β-unsaturated/α-hetero) is 1. The second kappa shape index (κ2) is 7.50. The molecular weight excluding hydrogens is 388 g/mol. The Balaban J connectivity index is 1.60. The van der Waals surface area contributed by atoms with Crippen molar-refractivity contribution < 1.29 is 18.1 Å². The number of benzene rings is 1. The van der Waals surface area contributed by atoms with E-state index in [1.807, 2.05) is 0 Å². The minimum atomic E-state index is -3.72. The molecule has 0 fully saturated rings. The van der Waals surface area contributed by atoms with Crippen LogP contribution in [0.25, 0.3) is 11.4 Å². The van der Waals surface area contributed by atoms with Crippen LogP contribution in [0.2, 0.25) is 0 Å². The zero-order valence-corrected chi connectivity index (χ0v) is 15.0. The number of hydrogen-bond donors (Lipinski definition) is 0. The van der Waals surface area contributed by atoms with E-state index in [9.17, 15) is 13.6 Å². The molecule has 0 amide bonds. The van der Waals surface area contributed by atoms with Crippen LogP contribution in [0.1, 0.15) is 22.1 Å². The molecule has 0 aliphatic rings. The average molecular weight is 400 g/mol. The molecule has 2 heterocycles. The van der Waals surface area contributed by atoms with Crippen molar-refractivity contribution in [3.05, 3.63) is 47.9 Å². The molecule has 0 saturated carbocycles. The zero-order chi connectivity index (χ0) is 18.7. The fourth-order valence-electron chi connectivity index (χ4n) is 2.03. The number of thioether (sulfide) groups is 1. The molecule has 0 aliphatic carbocycles. The van der Waals surface area contributed by atoms with Crippen LogP contribution in [-0.4, -0.2) is 36.4 Å². The molecule has 2 aromatic heterocycles. The van der Waals surface area contributed by atoms with Crippen molar-refractivity contribution in [1.82, 2.24) is 24.9 Å². The van der Waals surface area contributed by atoms with Crippen LogP contribution in [0.3, 0.4) is 0 Å². The van der Waals surface area contributed by atoms with Gasteiger partial charge in [-0.05, 0) is 11.6 Å². The van der Waals surface area contributed by atoms with Crippen molar-refractivity contribution in [3.63, 3.8) is 0 Å². The number of aryl methyl sites for hydroxylation is 1. The standard InChI is InChI=1S/C15H12ClF2N5O2S/c1-23-8-19-12(21-23)7-26-6-11(24)9-2-4-10(5-3-9)13-20-14(25-22-13)15(16,17)18/h2-5,8H,6-7H2,1H3. The first-order valence-electron chi connectivity index (χ1n) is 7.30. The molecule has 0 unspecified atom stereocenters.